The van der Waals surface area contributed by atoms with Crippen LogP contribution in [0, 0.1) is 6.92 Å². The molecule has 0 radical (unpaired) electrons. The van der Waals surface area contributed by atoms with Crippen molar-refractivity contribution in [1.29, 1.82) is 0 Å². The smallest absolute Gasteiger partial charge is 0.257 e. The molecule has 0 aliphatic carbocycles. The summed E-state index contributed by atoms with van der Waals surface area (Å²) in [5.74, 6) is 0.132. The summed E-state index contributed by atoms with van der Waals surface area (Å²) in [6.07, 6.45) is 0. The first-order valence-corrected chi connectivity index (χ1v) is 11.3. The maximum atomic E-state index is 12.4. The third kappa shape index (κ3) is 4.09. The van der Waals surface area contributed by atoms with E-state index in [1.165, 1.54) is 11.8 Å². The highest BCUT2D eigenvalue weighted by Gasteiger charge is 2.17. The number of hydrogen-bond donors (Lipinski definition) is 1. The van der Waals surface area contributed by atoms with Crippen LogP contribution >= 0.6 is 11.8 Å². The number of thioether (sulfide) groups is 1. The van der Waals surface area contributed by atoms with E-state index in [9.17, 15) is 4.79 Å². The molecule has 5 rings (SSSR count). The van der Waals surface area contributed by atoms with Crippen molar-refractivity contribution >= 4 is 39.8 Å². The summed E-state index contributed by atoms with van der Waals surface area (Å²) in [7, 11) is 0. The van der Waals surface area contributed by atoms with Crippen molar-refractivity contribution in [3.8, 4) is 5.69 Å². The third-order valence-corrected chi connectivity index (χ3v) is 5.93. The molecule has 0 fully saturated rings. The minimum atomic E-state index is -0.0787. The van der Waals surface area contributed by atoms with Gasteiger partial charge in [-0.15, -0.1) is 15.0 Å². The second-order valence-corrected chi connectivity index (χ2v) is 8.51. The summed E-state index contributed by atoms with van der Waals surface area (Å²) in [4.78, 5) is 18.6. The van der Waals surface area contributed by atoms with E-state index in [1.807, 2.05) is 80.6 Å². The van der Waals surface area contributed by atoms with Gasteiger partial charge in [0.25, 0.3) is 5.22 Å². The van der Waals surface area contributed by atoms with E-state index in [0.29, 0.717) is 16.3 Å². The van der Waals surface area contributed by atoms with Crippen LogP contribution < -0.4 is 5.32 Å². The first-order chi connectivity index (χ1) is 15.6. The van der Waals surface area contributed by atoms with Crippen LogP contribution in [-0.2, 0) is 4.79 Å². The Kier molecular flexibility index (Phi) is 5.36. The molecule has 1 atom stereocenters. The molecule has 0 bridgehead atoms. The Hall–Kier alpha value is -3.65. The zero-order valence-electron chi connectivity index (χ0n) is 17.6. The van der Waals surface area contributed by atoms with Gasteiger partial charge in [-0.1, -0.05) is 54.2 Å². The first-order valence-electron chi connectivity index (χ1n) is 10.3. The number of carbonyl (C=O) groups is 1. The molecule has 5 aromatic rings. The highest BCUT2D eigenvalue weighted by atomic mass is 32.2. The quantitative estimate of drug-likeness (QED) is 0.378. The monoisotopic (exact) mass is 443 g/mol. The van der Waals surface area contributed by atoms with Crippen LogP contribution in [0.4, 0.5) is 0 Å². The topological polar surface area (TPSA) is 85.8 Å². The zero-order valence-corrected chi connectivity index (χ0v) is 18.5. The molecule has 0 aliphatic heterocycles. The van der Waals surface area contributed by atoms with E-state index >= 15 is 0 Å². The van der Waals surface area contributed by atoms with Crippen molar-refractivity contribution in [2.75, 3.05) is 5.75 Å². The van der Waals surface area contributed by atoms with Crippen LogP contribution in [0.1, 0.15) is 24.1 Å². The van der Waals surface area contributed by atoms with E-state index < -0.39 is 0 Å². The average molecular weight is 444 g/mol. The summed E-state index contributed by atoms with van der Waals surface area (Å²) in [5.41, 5.74) is 5.72. The Labute approximate surface area is 188 Å². The van der Waals surface area contributed by atoms with Crippen LogP contribution in [0.5, 0.6) is 0 Å². The fraction of sp³-hybridized carbons (Fsp3) is 0.167. The lowest BCUT2D eigenvalue weighted by Crippen LogP contribution is -2.28. The molecule has 0 spiro atoms. The molecule has 1 N–H and O–H groups in total. The number of aryl methyl sites for hydroxylation is 1. The number of hydrogen-bond acceptors (Lipinski definition) is 6. The maximum absolute atomic E-state index is 12.4. The molecule has 0 saturated carbocycles. The number of fused-ring (bicyclic) bond motifs is 2. The van der Waals surface area contributed by atoms with Crippen LogP contribution in [0.2, 0.25) is 0 Å². The molecule has 2 aromatic heterocycles. The van der Waals surface area contributed by atoms with Crippen LogP contribution in [0.25, 0.3) is 27.8 Å². The van der Waals surface area contributed by atoms with Crippen molar-refractivity contribution in [2.45, 2.75) is 25.1 Å². The molecule has 2 heterocycles. The molecular formula is C24H21N5O2S. The normalized spacial score (nSPS) is 12.3. The number of nitrogens with one attached hydrogen (secondary N) is 1. The van der Waals surface area contributed by atoms with Crippen LogP contribution in [0.3, 0.4) is 0 Å². The van der Waals surface area contributed by atoms with Gasteiger partial charge in [-0.05, 0) is 49.2 Å². The van der Waals surface area contributed by atoms with Crippen molar-refractivity contribution in [1.82, 2.24) is 25.3 Å². The molecule has 0 aliphatic rings. The lowest BCUT2D eigenvalue weighted by atomic mass is 10.1. The van der Waals surface area contributed by atoms with E-state index in [-0.39, 0.29) is 17.7 Å². The number of amides is 1. The maximum Gasteiger partial charge on any atom is 0.257 e. The van der Waals surface area contributed by atoms with Gasteiger partial charge in [0.1, 0.15) is 22.2 Å². The van der Waals surface area contributed by atoms with E-state index in [2.05, 4.69) is 20.5 Å². The Bertz CT molecular complexity index is 1380. The predicted molar refractivity (Wildman–Crippen MR) is 125 cm³/mol. The number of oxazole rings is 1. The molecule has 160 valence electrons. The largest absolute Gasteiger partial charge is 0.429 e. The summed E-state index contributed by atoms with van der Waals surface area (Å²) in [6.45, 7) is 3.96. The van der Waals surface area contributed by atoms with Crippen molar-refractivity contribution < 1.29 is 9.21 Å². The van der Waals surface area contributed by atoms with Crippen LogP contribution in [-0.4, -0.2) is 31.6 Å². The number of benzene rings is 3. The zero-order chi connectivity index (χ0) is 22.1. The molecule has 32 heavy (non-hydrogen) atoms. The Morgan fingerprint density at radius 2 is 1.72 bits per heavy atom. The second kappa shape index (κ2) is 8.47. The van der Waals surface area contributed by atoms with Gasteiger partial charge in [-0.25, -0.2) is 4.98 Å². The Morgan fingerprint density at radius 3 is 2.44 bits per heavy atom. The van der Waals surface area contributed by atoms with Gasteiger partial charge in [-0.3, -0.25) is 4.79 Å². The molecular weight excluding hydrogens is 422 g/mol. The SMILES string of the molecule is Cc1cc(-n2nc3ccccc3n2)c2oc(SCC(=O)NC(C)c3ccccc3)nc2c1. The van der Waals surface area contributed by atoms with Crippen molar-refractivity contribution in [2.24, 2.45) is 0 Å². The summed E-state index contributed by atoms with van der Waals surface area (Å²) < 4.78 is 6.02. The molecule has 1 amide bonds. The molecule has 8 heteroatoms. The van der Waals surface area contributed by atoms with Crippen LogP contribution in [0.15, 0.2) is 76.4 Å². The standard InChI is InChI=1S/C24H21N5O2S/c1-15-12-20-23(21(13-15)29-27-18-10-6-7-11-19(18)28-29)31-24(26-20)32-14-22(30)25-16(2)17-8-4-3-5-9-17/h3-13,16H,14H2,1-2H3,(H,25,30). The van der Waals surface area contributed by atoms with E-state index in [0.717, 1.165) is 27.8 Å². The fourth-order valence-electron chi connectivity index (χ4n) is 3.54. The predicted octanol–water partition coefficient (Wildman–Crippen LogP) is 4.84. The Balaban J connectivity index is 1.35. The number of rotatable bonds is 6. The van der Waals surface area contributed by atoms with Gasteiger partial charge < -0.3 is 9.73 Å². The van der Waals surface area contributed by atoms with Gasteiger partial charge in [0, 0.05) is 0 Å². The van der Waals surface area contributed by atoms with Crippen molar-refractivity contribution in [3.05, 3.63) is 77.9 Å². The van der Waals surface area contributed by atoms with E-state index in [1.54, 1.807) is 4.80 Å². The number of aromatic nitrogens is 4. The number of nitrogens with zero attached hydrogens (tertiary/aromatic N) is 4. The minimum Gasteiger partial charge on any atom is -0.429 e. The second-order valence-electron chi connectivity index (χ2n) is 7.58. The van der Waals surface area contributed by atoms with Crippen molar-refractivity contribution in [3.63, 3.8) is 0 Å². The lowest BCUT2D eigenvalue weighted by Gasteiger charge is -2.13. The van der Waals surface area contributed by atoms with Gasteiger partial charge in [0.2, 0.25) is 5.91 Å². The molecule has 7 nitrogen and oxygen atoms in total. The highest BCUT2D eigenvalue weighted by Crippen LogP contribution is 2.29. The first kappa shape index (κ1) is 20.3. The lowest BCUT2D eigenvalue weighted by molar-refractivity contribution is -0.119. The number of carbonyl (C=O) groups excluding carboxylic acids is 1. The Morgan fingerprint density at radius 1 is 1.03 bits per heavy atom. The highest BCUT2D eigenvalue weighted by molar-refractivity contribution is 7.99. The summed E-state index contributed by atoms with van der Waals surface area (Å²) in [6, 6.07) is 21.4. The van der Waals surface area contributed by atoms with Gasteiger partial charge in [-0.2, -0.15) is 0 Å². The molecule has 0 saturated heterocycles. The van der Waals surface area contributed by atoms with Gasteiger partial charge in [0.15, 0.2) is 5.58 Å². The average Bonchev–Trinajstić information content (AvgIpc) is 3.41. The molecule has 1 unspecified atom stereocenters. The summed E-state index contributed by atoms with van der Waals surface area (Å²) >= 11 is 1.27. The van der Waals surface area contributed by atoms with E-state index in [4.69, 9.17) is 4.42 Å². The third-order valence-electron chi connectivity index (χ3n) is 5.10. The van der Waals surface area contributed by atoms with Gasteiger partial charge >= 0.3 is 0 Å². The fourth-order valence-corrected chi connectivity index (χ4v) is 4.19. The summed E-state index contributed by atoms with van der Waals surface area (Å²) in [5, 5.41) is 12.6. The van der Waals surface area contributed by atoms with Gasteiger partial charge in [0.05, 0.1) is 11.8 Å². The molecule has 3 aromatic carbocycles. The minimum absolute atomic E-state index is 0.0674.